The van der Waals surface area contributed by atoms with Gasteiger partial charge in [0.2, 0.25) is 11.8 Å². The van der Waals surface area contributed by atoms with Crippen molar-refractivity contribution in [2.24, 2.45) is 5.41 Å². The summed E-state index contributed by atoms with van der Waals surface area (Å²) in [5.41, 5.74) is 3.99. The smallest absolute Gasteiger partial charge is 0.478 e. The van der Waals surface area contributed by atoms with Crippen LogP contribution in [-0.2, 0) is 50.7 Å². The number of benzene rings is 1. The summed E-state index contributed by atoms with van der Waals surface area (Å²) in [6.07, 6.45) is -7.55. The molecular weight excluding hydrogens is 927 g/mol. The number of hydrogen-bond donors (Lipinski definition) is 10. The van der Waals surface area contributed by atoms with E-state index >= 15 is 0 Å². The summed E-state index contributed by atoms with van der Waals surface area (Å²) in [6, 6.07) is 5.62. The lowest BCUT2D eigenvalue weighted by molar-refractivity contribution is -0.137. The number of hydrogen-bond acceptors (Lipinski definition) is 20. The molecule has 2 amide bonds. The summed E-state index contributed by atoms with van der Waals surface area (Å²) in [6.45, 7) is 0.109. The third kappa shape index (κ3) is 15.0. The zero-order valence-electron chi connectivity index (χ0n) is 33.1. The number of ether oxygens (including phenoxy) is 1. The highest BCUT2D eigenvalue weighted by Crippen LogP contribution is 2.61. The third-order valence-electron chi connectivity index (χ3n) is 8.78. The number of aliphatic hydroxyl groups is 2. The maximum Gasteiger partial charge on any atom is 0.481 e. The van der Waals surface area contributed by atoms with Crippen molar-refractivity contribution >= 4 is 80.9 Å². The number of nitrogens with one attached hydrogen (secondary N) is 2. The van der Waals surface area contributed by atoms with Crippen molar-refractivity contribution in [1.82, 2.24) is 30.2 Å². The summed E-state index contributed by atoms with van der Waals surface area (Å²) in [5.74, 6) is -3.27. The summed E-state index contributed by atoms with van der Waals surface area (Å²) in [7, 11) is -16.5. The molecule has 63 heavy (non-hydrogen) atoms. The number of phosphoric ester groups is 3. The van der Waals surface area contributed by atoms with E-state index in [-0.39, 0.29) is 71.3 Å². The molecular formula is C32H44N7O20P3S. The SMILES string of the molecule is CC(C)(COP(=O)(O)OP(=O)(O)OC[C@H]1O[C@H](n2cnc3c(N)ncnc32)[C@@H](O)[C@@H]1OP(=O)(O)O)[C@@H](O)C(=O)NCCC(=O)NCCSC(=O)CCC(=O)c1ccccc1C(=O)O. The van der Waals surface area contributed by atoms with Crippen LogP contribution in [0.25, 0.3) is 11.2 Å². The molecule has 27 nitrogen and oxygen atoms in total. The van der Waals surface area contributed by atoms with Crippen LogP contribution in [0.3, 0.4) is 0 Å². The number of aromatic carboxylic acids is 1. The van der Waals surface area contributed by atoms with Crippen molar-refractivity contribution in [3.8, 4) is 0 Å². The van der Waals surface area contributed by atoms with Crippen molar-refractivity contribution in [2.75, 3.05) is 37.8 Å². The topological polar surface area (TPSA) is 418 Å². The molecule has 7 atom stereocenters. The van der Waals surface area contributed by atoms with E-state index in [1.165, 1.54) is 38.1 Å². The Labute approximate surface area is 360 Å². The number of carboxylic acids is 1. The highest BCUT2D eigenvalue weighted by Gasteiger charge is 2.50. The molecule has 1 fully saturated rings. The zero-order valence-corrected chi connectivity index (χ0v) is 36.6. The van der Waals surface area contributed by atoms with Crippen molar-refractivity contribution in [3.05, 3.63) is 48.0 Å². The van der Waals surface area contributed by atoms with Gasteiger partial charge in [-0.15, -0.1) is 0 Å². The van der Waals surface area contributed by atoms with Gasteiger partial charge in [0, 0.05) is 49.1 Å². The van der Waals surface area contributed by atoms with E-state index in [9.17, 15) is 72.6 Å². The number of Topliss-reactive ketones (excluding diaryl/α,β-unsaturated/α-hetero) is 1. The van der Waals surface area contributed by atoms with Gasteiger partial charge >= 0.3 is 29.4 Å². The van der Waals surface area contributed by atoms with Crippen molar-refractivity contribution < 1.29 is 95.2 Å². The molecule has 0 spiro atoms. The molecule has 2 aromatic heterocycles. The predicted octanol–water partition coefficient (Wildman–Crippen LogP) is 0.0260. The maximum absolute atomic E-state index is 12.7. The third-order valence-corrected chi connectivity index (χ3v) is 12.8. The van der Waals surface area contributed by atoms with Crippen LogP contribution >= 0.6 is 35.2 Å². The number of imidazole rings is 1. The van der Waals surface area contributed by atoms with Crippen LogP contribution in [0, 0.1) is 5.41 Å². The second kappa shape index (κ2) is 21.7. The Morgan fingerprint density at radius 3 is 2.29 bits per heavy atom. The Morgan fingerprint density at radius 1 is 0.952 bits per heavy atom. The number of amides is 2. The number of phosphoric acid groups is 3. The van der Waals surface area contributed by atoms with E-state index in [0.717, 1.165) is 29.0 Å². The lowest BCUT2D eigenvalue weighted by atomic mass is 9.87. The van der Waals surface area contributed by atoms with Crippen molar-refractivity contribution in [3.63, 3.8) is 0 Å². The largest absolute Gasteiger partial charge is 0.481 e. The molecule has 0 saturated carbocycles. The first-order valence-corrected chi connectivity index (χ1v) is 23.7. The average molecular weight is 972 g/mol. The van der Waals surface area contributed by atoms with Gasteiger partial charge in [-0.3, -0.25) is 37.3 Å². The molecule has 4 rings (SSSR count). The summed E-state index contributed by atoms with van der Waals surface area (Å²) < 4.78 is 62.1. The molecule has 1 aromatic carbocycles. The van der Waals surface area contributed by atoms with Crippen LogP contribution in [0.1, 0.15) is 60.1 Å². The maximum atomic E-state index is 12.7. The molecule has 1 aliphatic rings. The Kier molecular flexibility index (Phi) is 17.8. The van der Waals surface area contributed by atoms with Gasteiger partial charge in [0.25, 0.3) is 0 Å². The van der Waals surface area contributed by atoms with Crippen LogP contribution in [0.2, 0.25) is 0 Å². The van der Waals surface area contributed by atoms with Gasteiger partial charge in [-0.1, -0.05) is 43.8 Å². The van der Waals surface area contributed by atoms with Crippen LogP contribution in [-0.4, -0.2) is 140 Å². The Balaban J connectivity index is 1.18. The predicted molar refractivity (Wildman–Crippen MR) is 214 cm³/mol. The molecule has 0 bridgehead atoms. The highest BCUT2D eigenvalue weighted by molar-refractivity contribution is 8.13. The quantitative estimate of drug-likeness (QED) is 0.0321. The number of carbonyl (C=O) groups excluding carboxylic acids is 4. The average Bonchev–Trinajstić information content (AvgIpc) is 3.76. The first-order valence-electron chi connectivity index (χ1n) is 18.2. The highest BCUT2D eigenvalue weighted by atomic mass is 32.2. The fourth-order valence-corrected chi connectivity index (χ4v) is 9.14. The van der Waals surface area contributed by atoms with E-state index in [0.29, 0.717) is 0 Å². The normalized spacial score (nSPS) is 20.4. The molecule has 3 aromatic rings. The monoisotopic (exact) mass is 971 g/mol. The Hall–Kier alpha value is -4.08. The Bertz CT molecular complexity index is 2310. The molecule has 348 valence electrons. The molecule has 1 aliphatic heterocycles. The van der Waals surface area contributed by atoms with E-state index < -0.39 is 96.3 Å². The molecule has 2 unspecified atom stereocenters. The van der Waals surface area contributed by atoms with Gasteiger partial charge in [0.15, 0.2) is 28.6 Å². The molecule has 31 heteroatoms. The van der Waals surface area contributed by atoms with Gasteiger partial charge in [0.1, 0.15) is 36.3 Å². The lowest BCUT2D eigenvalue weighted by Gasteiger charge is -2.30. The number of carbonyl (C=O) groups is 5. The second-order valence-corrected chi connectivity index (χ2v) is 19.5. The number of rotatable bonds is 24. The summed E-state index contributed by atoms with van der Waals surface area (Å²) in [5, 5.41) is 35.2. The minimum Gasteiger partial charge on any atom is -0.478 e. The van der Waals surface area contributed by atoms with Crippen molar-refractivity contribution in [2.45, 2.75) is 63.8 Å². The minimum absolute atomic E-state index is 0.0101. The number of ketones is 1. The number of fused-ring (bicyclic) bond motifs is 1. The number of nitrogens with zero attached hydrogens (tertiary/aromatic N) is 4. The minimum atomic E-state index is -5.61. The number of carboxylic acid groups (broad SMARTS) is 1. The van der Waals surface area contributed by atoms with E-state index in [1.54, 1.807) is 0 Å². The lowest BCUT2D eigenvalue weighted by Crippen LogP contribution is -2.46. The molecule has 3 heterocycles. The molecule has 0 radical (unpaired) electrons. The van der Waals surface area contributed by atoms with Gasteiger partial charge in [-0.25, -0.2) is 33.4 Å². The standard InChI is InChI=1S/C32H44N7O20P3S/c1-32(2,26(44)29(45)35-10-9-21(41)34-11-12-63-22(42)8-7-19(40)17-5-3-4-6-18(17)31(46)47)14-56-62(53,54)59-61(51,52)55-13-20-25(58-60(48,49)50)24(43)30(57-20)39-16-38-23-27(33)36-15-37-28(23)39/h3-6,15-16,20,24-26,30,43-44H,7-14H2,1-2H3,(H,34,41)(H,35,45)(H,46,47)(H,51,52)(H,53,54)(H2,33,36,37)(H2,48,49,50)/t20-,24+,25-,26+,30+/m1/s1. The second-order valence-electron chi connectivity index (χ2n) is 14.1. The fraction of sp³-hybridized carbons (Fsp3) is 0.500. The first kappa shape index (κ1) is 51.6. The molecule has 11 N–H and O–H groups in total. The number of anilines is 1. The van der Waals surface area contributed by atoms with Crippen molar-refractivity contribution in [1.29, 1.82) is 0 Å². The van der Waals surface area contributed by atoms with Crippen LogP contribution in [0.15, 0.2) is 36.9 Å². The number of thioether (sulfide) groups is 1. The van der Waals surface area contributed by atoms with E-state index in [2.05, 4.69) is 34.4 Å². The van der Waals surface area contributed by atoms with Crippen LogP contribution < -0.4 is 16.4 Å². The van der Waals surface area contributed by atoms with Gasteiger partial charge in [-0.2, -0.15) is 4.31 Å². The van der Waals surface area contributed by atoms with E-state index in [1.807, 2.05) is 0 Å². The van der Waals surface area contributed by atoms with E-state index in [4.69, 9.17) is 19.5 Å². The van der Waals surface area contributed by atoms with Gasteiger partial charge < -0.3 is 56.0 Å². The molecule has 1 saturated heterocycles. The van der Waals surface area contributed by atoms with Crippen LogP contribution in [0.5, 0.6) is 0 Å². The van der Waals surface area contributed by atoms with Gasteiger partial charge in [-0.05, 0) is 6.07 Å². The Morgan fingerprint density at radius 2 is 1.62 bits per heavy atom. The van der Waals surface area contributed by atoms with Gasteiger partial charge in [0.05, 0.1) is 25.1 Å². The molecule has 0 aliphatic carbocycles. The fourth-order valence-electron chi connectivity index (χ4n) is 5.63. The summed E-state index contributed by atoms with van der Waals surface area (Å²) in [4.78, 5) is 112. The number of nitrogens with two attached hydrogens (primary N) is 1. The number of aromatic nitrogens is 4. The number of nitrogen functional groups attached to an aromatic ring is 1. The zero-order chi connectivity index (χ0) is 46.9. The number of aliphatic hydroxyl groups excluding tert-OH is 2. The van der Waals surface area contributed by atoms with Crippen LogP contribution in [0.4, 0.5) is 5.82 Å². The first-order chi connectivity index (χ1) is 29.3. The summed E-state index contributed by atoms with van der Waals surface area (Å²) >= 11 is 0.849.